The maximum absolute atomic E-state index is 12.1. The lowest BCUT2D eigenvalue weighted by Gasteiger charge is -2.09. The van der Waals surface area contributed by atoms with E-state index in [9.17, 15) is 19.5 Å². The van der Waals surface area contributed by atoms with Gasteiger partial charge in [0.05, 0.1) is 22.4 Å². The van der Waals surface area contributed by atoms with Crippen molar-refractivity contribution in [2.45, 2.75) is 0 Å². The molecule has 6 nitrogen and oxygen atoms in total. The van der Waals surface area contributed by atoms with Gasteiger partial charge < -0.3 is 10.4 Å². The molecular formula is C15H10N2O4. The Balaban J connectivity index is 1.97. The first kappa shape index (κ1) is 12.9. The van der Waals surface area contributed by atoms with Crippen LogP contribution in [0.1, 0.15) is 31.1 Å². The van der Waals surface area contributed by atoms with E-state index < -0.39 is 17.7 Å². The number of fused-ring (bicyclic) bond motifs is 1. The van der Waals surface area contributed by atoms with Gasteiger partial charge in [0.2, 0.25) is 0 Å². The zero-order chi connectivity index (χ0) is 15.0. The van der Waals surface area contributed by atoms with E-state index in [1.807, 2.05) is 0 Å². The van der Waals surface area contributed by atoms with Crippen LogP contribution in [-0.4, -0.2) is 22.8 Å². The Bertz CT molecular complexity index is 783. The van der Waals surface area contributed by atoms with Crippen LogP contribution in [0.25, 0.3) is 0 Å². The largest absolute Gasteiger partial charge is 0.507 e. The van der Waals surface area contributed by atoms with Crippen LogP contribution in [-0.2, 0) is 0 Å². The number of aromatic hydroxyl groups is 1. The molecule has 0 radical (unpaired) electrons. The van der Waals surface area contributed by atoms with E-state index in [-0.39, 0.29) is 28.1 Å². The monoisotopic (exact) mass is 282 g/mol. The minimum absolute atomic E-state index is 0.0832. The van der Waals surface area contributed by atoms with Gasteiger partial charge >= 0.3 is 0 Å². The van der Waals surface area contributed by atoms with E-state index in [1.165, 1.54) is 24.3 Å². The molecule has 3 rings (SSSR count). The molecule has 0 aromatic heterocycles. The van der Waals surface area contributed by atoms with E-state index in [0.29, 0.717) is 0 Å². The molecule has 0 bridgehead atoms. The highest BCUT2D eigenvalue weighted by atomic mass is 16.3. The summed E-state index contributed by atoms with van der Waals surface area (Å²) in [5, 5.41) is 14.4. The van der Waals surface area contributed by atoms with Gasteiger partial charge in [-0.05, 0) is 24.3 Å². The number of phenolic OH excluding ortho intramolecular Hbond substituents is 1. The average Bonchev–Trinajstić information content (AvgIpc) is 2.75. The predicted octanol–water partition coefficient (Wildman–Crippen LogP) is 1.53. The Kier molecular flexibility index (Phi) is 2.91. The van der Waals surface area contributed by atoms with E-state index in [4.69, 9.17) is 0 Å². The Hall–Kier alpha value is -3.15. The number of amides is 3. The molecule has 2 aromatic carbocycles. The average molecular weight is 282 g/mol. The van der Waals surface area contributed by atoms with Crippen LogP contribution >= 0.6 is 0 Å². The lowest BCUT2D eigenvalue weighted by molar-refractivity contribution is 0.0879. The van der Waals surface area contributed by atoms with Crippen LogP contribution in [0.15, 0.2) is 42.5 Å². The van der Waals surface area contributed by atoms with E-state index in [1.54, 1.807) is 18.2 Å². The Labute approximate surface area is 119 Å². The molecule has 0 unspecified atom stereocenters. The van der Waals surface area contributed by atoms with Gasteiger partial charge in [0.1, 0.15) is 5.75 Å². The number of carbonyl (C=O) groups excluding carboxylic acids is 3. The van der Waals surface area contributed by atoms with Crippen LogP contribution in [0.5, 0.6) is 5.75 Å². The number of anilines is 1. The predicted molar refractivity (Wildman–Crippen MR) is 74.3 cm³/mol. The van der Waals surface area contributed by atoms with Gasteiger partial charge in [0.15, 0.2) is 0 Å². The zero-order valence-corrected chi connectivity index (χ0v) is 10.7. The number of hydrogen-bond acceptors (Lipinski definition) is 4. The van der Waals surface area contributed by atoms with Crippen molar-refractivity contribution in [3.8, 4) is 5.75 Å². The summed E-state index contributed by atoms with van der Waals surface area (Å²) in [4.78, 5) is 35.4. The fourth-order valence-corrected chi connectivity index (χ4v) is 2.18. The number of hydrogen-bond donors (Lipinski definition) is 3. The molecule has 6 heteroatoms. The molecule has 0 saturated carbocycles. The van der Waals surface area contributed by atoms with Crippen LogP contribution in [0.2, 0.25) is 0 Å². The third kappa shape index (κ3) is 2.12. The first-order valence-corrected chi connectivity index (χ1v) is 6.16. The maximum Gasteiger partial charge on any atom is 0.261 e. The number of imide groups is 1. The molecule has 1 aliphatic rings. The third-order valence-electron chi connectivity index (χ3n) is 3.16. The molecule has 21 heavy (non-hydrogen) atoms. The molecule has 3 amide bonds. The molecule has 0 spiro atoms. The maximum atomic E-state index is 12.1. The van der Waals surface area contributed by atoms with Crippen LogP contribution in [0, 0.1) is 0 Å². The Morgan fingerprint density at radius 1 is 1.00 bits per heavy atom. The summed E-state index contributed by atoms with van der Waals surface area (Å²) >= 11 is 0. The van der Waals surface area contributed by atoms with Crippen molar-refractivity contribution in [3.63, 3.8) is 0 Å². The summed E-state index contributed by atoms with van der Waals surface area (Å²) < 4.78 is 0. The lowest BCUT2D eigenvalue weighted by atomic mass is 10.1. The van der Waals surface area contributed by atoms with Crippen molar-refractivity contribution < 1.29 is 19.5 Å². The quantitative estimate of drug-likeness (QED) is 0.728. The first-order chi connectivity index (χ1) is 10.1. The second-order valence-electron chi connectivity index (χ2n) is 4.48. The SMILES string of the molecule is O=C(Nc1cccc2c1C(=O)NC2=O)c1ccccc1O. The number of benzene rings is 2. The highest BCUT2D eigenvalue weighted by Gasteiger charge is 2.29. The highest BCUT2D eigenvalue weighted by molar-refractivity contribution is 6.25. The van der Waals surface area contributed by atoms with E-state index >= 15 is 0 Å². The molecule has 1 heterocycles. The van der Waals surface area contributed by atoms with Gasteiger partial charge in [-0.15, -0.1) is 0 Å². The summed E-state index contributed by atoms with van der Waals surface area (Å²) in [5.41, 5.74) is 0.658. The van der Waals surface area contributed by atoms with Gasteiger partial charge in [-0.1, -0.05) is 18.2 Å². The minimum Gasteiger partial charge on any atom is -0.507 e. The fraction of sp³-hybridized carbons (Fsp3) is 0. The molecule has 104 valence electrons. The Morgan fingerprint density at radius 2 is 1.76 bits per heavy atom. The standard InChI is InChI=1S/C15H10N2O4/c18-11-7-2-1-4-8(11)13(19)16-10-6-3-5-9-12(10)15(21)17-14(9)20/h1-7,18H,(H,16,19)(H,17,20,21). The summed E-state index contributed by atoms with van der Waals surface area (Å²) in [7, 11) is 0. The van der Waals surface area contributed by atoms with Crippen molar-refractivity contribution >= 4 is 23.4 Å². The number of rotatable bonds is 2. The van der Waals surface area contributed by atoms with E-state index in [2.05, 4.69) is 10.6 Å². The van der Waals surface area contributed by atoms with Crippen molar-refractivity contribution in [1.82, 2.24) is 5.32 Å². The van der Waals surface area contributed by atoms with E-state index in [0.717, 1.165) is 0 Å². The van der Waals surface area contributed by atoms with Crippen molar-refractivity contribution in [2.24, 2.45) is 0 Å². The van der Waals surface area contributed by atoms with Gasteiger partial charge in [0.25, 0.3) is 17.7 Å². The molecule has 0 aliphatic carbocycles. The number of para-hydroxylation sites is 1. The molecule has 3 N–H and O–H groups in total. The summed E-state index contributed by atoms with van der Waals surface area (Å²) in [6, 6.07) is 10.6. The molecule has 0 fully saturated rings. The molecule has 1 aliphatic heterocycles. The number of carbonyl (C=O) groups is 3. The van der Waals surface area contributed by atoms with Gasteiger partial charge in [-0.2, -0.15) is 0 Å². The topological polar surface area (TPSA) is 95.5 Å². The van der Waals surface area contributed by atoms with Gasteiger partial charge in [-0.25, -0.2) is 0 Å². The van der Waals surface area contributed by atoms with Crippen molar-refractivity contribution in [2.75, 3.05) is 5.32 Å². The summed E-state index contributed by atoms with van der Waals surface area (Å²) in [5.74, 6) is -1.77. The third-order valence-corrected chi connectivity index (χ3v) is 3.16. The smallest absolute Gasteiger partial charge is 0.261 e. The number of phenols is 1. The normalized spacial score (nSPS) is 12.8. The molecule has 2 aromatic rings. The number of nitrogens with one attached hydrogen (secondary N) is 2. The summed E-state index contributed by atoms with van der Waals surface area (Å²) in [6.45, 7) is 0. The second kappa shape index (κ2) is 4.75. The van der Waals surface area contributed by atoms with Gasteiger partial charge in [0, 0.05) is 0 Å². The van der Waals surface area contributed by atoms with Crippen molar-refractivity contribution in [1.29, 1.82) is 0 Å². The van der Waals surface area contributed by atoms with Crippen LogP contribution < -0.4 is 10.6 Å². The highest BCUT2D eigenvalue weighted by Crippen LogP contribution is 2.25. The fourth-order valence-electron chi connectivity index (χ4n) is 2.18. The zero-order valence-electron chi connectivity index (χ0n) is 10.7. The minimum atomic E-state index is -0.561. The molecule has 0 saturated heterocycles. The van der Waals surface area contributed by atoms with Crippen LogP contribution in [0.4, 0.5) is 5.69 Å². The van der Waals surface area contributed by atoms with Crippen molar-refractivity contribution in [3.05, 3.63) is 59.2 Å². The second-order valence-corrected chi connectivity index (χ2v) is 4.48. The Morgan fingerprint density at radius 3 is 2.52 bits per heavy atom. The van der Waals surface area contributed by atoms with Gasteiger partial charge in [-0.3, -0.25) is 19.7 Å². The lowest BCUT2D eigenvalue weighted by Crippen LogP contribution is -2.20. The van der Waals surface area contributed by atoms with Crippen LogP contribution in [0.3, 0.4) is 0 Å². The molecule has 0 atom stereocenters. The molecular weight excluding hydrogens is 272 g/mol. The summed E-state index contributed by atoms with van der Waals surface area (Å²) in [6.07, 6.45) is 0. The first-order valence-electron chi connectivity index (χ1n) is 6.16.